The lowest BCUT2D eigenvalue weighted by atomic mass is 9.89. The van der Waals surface area contributed by atoms with Crippen molar-refractivity contribution in [3.8, 4) is 0 Å². The fourth-order valence-corrected chi connectivity index (χ4v) is 4.74. The number of nitrogens with one attached hydrogen (secondary N) is 2. The molecule has 2 aromatic carbocycles. The molecule has 0 bridgehead atoms. The van der Waals surface area contributed by atoms with E-state index >= 15 is 0 Å². The number of anilines is 1. The minimum atomic E-state index is -0.308. The van der Waals surface area contributed by atoms with Crippen molar-refractivity contribution < 1.29 is 9.59 Å². The Kier molecular flexibility index (Phi) is 6.61. The molecule has 1 fully saturated rings. The molecule has 0 unspecified atom stereocenters. The van der Waals surface area contributed by atoms with Gasteiger partial charge in [-0.3, -0.25) is 14.3 Å². The minimum Gasteiger partial charge on any atom is -0.343 e. The number of carbonyl (C=O) groups excluding carboxylic acids is 2. The molecule has 35 heavy (non-hydrogen) atoms. The van der Waals surface area contributed by atoms with Gasteiger partial charge in [-0.1, -0.05) is 61.7 Å². The molecule has 0 aliphatic heterocycles. The summed E-state index contributed by atoms with van der Waals surface area (Å²) in [6.45, 7) is 0.925. The average Bonchev–Trinajstić information content (AvgIpc) is 3.43. The lowest BCUT2D eigenvalue weighted by molar-refractivity contribution is -0.120. The molecule has 0 spiro atoms. The van der Waals surface area contributed by atoms with E-state index in [1.807, 2.05) is 42.5 Å². The van der Waals surface area contributed by atoms with Crippen molar-refractivity contribution in [1.82, 2.24) is 24.6 Å². The smallest absolute Gasteiger partial charge is 0.272 e. The van der Waals surface area contributed by atoms with Crippen molar-refractivity contribution in [2.75, 3.05) is 5.32 Å². The first-order valence-electron chi connectivity index (χ1n) is 12.2. The van der Waals surface area contributed by atoms with Crippen LogP contribution >= 0.6 is 0 Å². The van der Waals surface area contributed by atoms with E-state index in [0.717, 1.165) is 48.1 Å². The second-order valence-corrected chi connectivity index (χ2v) is 9.13. The fraction of sp³-hybridized carbons (Fsp3) is 0.333. The molecule has 8 nitrogen and oxygen atoms in total. The van der Waals surface area contributed by atoms with Crippen LogP contribution in [0.1, 0.15) is 54.0 Å². The molecule has 8 heteroatoms. The summed E-state index contributed by atoms with van der Waals surface area (Å²) in [7, 11) is 1.73. The third kappa shape index (κ3) is 5.11. The third-order valence-corrected chi connectivity index (χ3v) is 6.66. The highest BCUT2D eigenvalue weighted by Gasteiger charge is 2.23. The zero-order valence-corrected chi connectivity index (χ0v) is 19.9. The van der Waals surface area contributed by atoms with Gasteiger partial charge in [-0.2, -0.15) is 5.10 Å². The number of rotatable bonds is 7. The van der Waals surface area contributed by atoms with Gasteiger partial charge in [-0.05, 0) is 30.5 Å². The predicted octanol–water partition coefficient (Wildman–Crippen LogP) is 4.27. The van der Waals surface area contributed by atoms with E-state index in [9.17, 15) is 9.59 Å². The number of aryl methyl sites for hydroxylation is 1. The van der Waals surface area contributed by atoms with Crippen molar-refractivity contribution in [3.05, 3.63) is 77.7 Å². The normalized spacial score (nSPS) is 14.2. The largest absolute Gasteiger partial charge is 0.343 e. The Hall–Kier alpha value is -3.94. The summed E-state index contributed by atoms with van der Waals surface area (Å²) in [5.41, 5.74) is 3.33. The maximum Gasteiger partial charge on any atom is 0.272 e. The van der Waals surface area contributed by atoms with Gasteiger partial charge in [0.2, 0.25) is 5.91 Å². The number of fused-ring (bicyclic) bond motifs is 1. The number of para-hydroxylation sites is 2. The summed E-state index contributed by atoms with van der Waals surface area (Å²) in [6.07, 6.45) is 5.21. The third-order valence-electron chi connectivity index (χ3n) is 6.66. The van der Waals surface area contributed by atoms with Crippen molar-refractivity contribution in [1.29, 1.82) is 0 Å². The molecule has 0 atom stereocenters. The van der Waals surface area contributed by atoms with Crippen LogP contribution in [0.2, 0.25) is 0 Å². The first-order chi connectivity index (χ1) is 17.1. The number of hydrogen-bond acceptors (Lipinski definition) is 4. The molecule has 0 saturated heterocycles. The second kappa shape index (κ2) is 10.1. The summed E-state index contributed by atoms with van der Waals surface area (Å²) in [5.74, 6) is 1.03. The van der Waals surface area contributed by atoms with Crippen LogP contribution in [0, 0.1) is 5.92 Å². The number of imidazole rings is 1. The molecule has 180 valence electrons. The molecular formula is C27H30N6O2. The summed E-state index contributed by atoms with van der Waals surface area (Å²) in [5, 5.41) is 10.2. The van der Waals surface area contributed by atoms with Gasteiger partial charge >= 0.3 is 0 Å². The van der Waals surface area contributed by atoms with E-state index in [1.54, 1.807) is 17.8 Å². The van der Waals surface area contributed by atoms with E-state index in [-0.39, 0.29) is 30.0 Å². The maximum atomic E-state index is 12.9. The average molecular weight is 471 g/mol. The summed E-state index contributed by atoms with van der Waals surface area (Å²) >= 11 is 0. The summed E-state index contributed by atoms with van der Waals surface area (Å²) < 4.78 is 3.67. The molecule has 2 N–H and O–H groups in total. The van der Waals surface area contributed by atoms with Crippen molar-refractivity contribution in [2.45, 2.75) is 45.2 Å². The number of hydrogen-bond donors (Lipinski definition) is 2. The zero-order chi connectivity index (χ0) is 24.2. The second-order valence-electron chi connectivity index (χ2n) is 9.13. The van der Waals surface area contributed by atoms with Crippen LogP contribution in [0.25, 0.3) is 11.0 Å². The van der Waals surface area contributed by atoms with Gasteiger partial charge in [-0.25, -0.2) is 4.98 Å². The first-order valence-corrected chi connectivity index (χ1v) is 12.2. The Labute approximate surface area is 204 Å². The minimum absolute atomic E-state index is 0.00860. The lowest BCUT2D eigenvalue weighted by Gasteiger charge is -2.20. The van der Waals surface area contributed by atoms with Crippen LogP contribution in [-0.2, 0) is 24.9 Å². The standard InChI is InChI=1S/C27H30N6O2/c1-32-24(30-26(34)20-12-6-3-7-13-20)16-22(31-32)27(35)28-17-25-29-21-14-8-9-15-23(21)33(25)18-19-10-4-2-5-11-19/h2,4-5,8-11,14-16,20H,3,6-7,12-13,17-18H2,1H3,(H,28,35)(H,30,34). The molecule has 0 radical (unpaired) electrons. The number of nitrogens with zero attached hydrogens (tertiary/aromatic N) is 4. The van der Waals surface area contributed by atoms with Gasteiger partial charge in [-0.15, -0.1) is 0 Å². The van der Waals surface area contributed by atoms with Gasteiger partial charge in [0.15, 0.2) is 5.69 Å². The predicted molar refractivity (Wildman–Crippen MR) is 135 cm³/mol. The molecule has 2 aromatic heterocycles. The number of benzene rings is 2. The van der Waals surface area contributed by atoms with Crippen LogP contribution in [0.15, 0.2) is 60.7 Å². The van der Waals surface area contributed by atoms with E-state index in [4.69, 9.17) is 4.98 Å². The Bertz CT molecular complexity index is 1330. The van der Waals surface area contributed by atoms with E-state index in [1.165, 1.54) is 6.42 Å². The molecule has 1 aliphatic rings. The maximum absolute atomic E-state index is 12.9. The highest BCUT2D eigenvalue weighted by Crippen LogP contribution is 2.25. The molecule has 4 aromatic rings. The highest BCUT2D eigenvalue weighted by atomic mass is 16.2. The van der Waals surface area contributed by atoms with Gasteiger partial charge in [0, 0.05) is 25.6 Å². The first kappa shape index (κ1) is 22.8. The molecule has 2 heterocycles. The summed E-state index contributed by atoms with van der Waals surface area (Å²) in [6, 6.07) is 19.8. The fourth-order valence-electron chi connectivity index (χ4n) is 4.74. The van der Waals surface area contributed by atoms with Crippen LogP contribution < -0.4 is 10.6 Å². The topological polar surface area (TPSA) is 93.8 Å². The van der Waals surface area contributed by atoms with Gasteiger partial charge in [0.05, 0.1) is 17.6 Å². The Morgan fingerprint density at radius 3 is 2.54 bits per heavy atom. The Balaban J connectivity index is 1.29. The Morgan fingerprint density at radius 1 is 1.00 bits per heavy atom. The molecular weight excluding hydrogens is 440 g/mol. The van der Waals surface area contributed by atoms with Crippen molar-refractivity contribution in [3.63, 3.8) is 0 Å². The number of carbonyl (C=O) groups is 2. The van der Waals surface area contributed by atoms with Crippen molar-refractivity contribution >= 4 is 28.7 Å². The van der Waals surface area contributed by atoms with Gasteiger partial charge < -0.3 is 15.2 Å². The number of amides is 2. The molecule has 1 saturated carbocycles. The zero-order valence-electron chi connectivity index (χ0n) is 19.9. The lowest BCUT2D eigenvalue weighted by Crippen LogP contribution is -2.25. The SMILES string of the molecule is Cn1nc(C(=O)NCc2nc3ccccc3n2Cc2ccccc2)cc1NC(=O)C1CCCCC1. The van der Waals surface area contributed by atoms with Crippen molar-refractivity contribution in [2.24, 2.45) is 13.0 Å². The van der Waals surface area contributed by atoms with Crippen LogP contribution in [0.3, 0.4) is 0 Å². The van der Waals surface area contributed by atoms with Gasteiger partial charge in [0.1, 0.15) is 11.6 Å². The van der Waals surface area contributed by atoms with Crippen LogP contribution in [0.5, 0.6) is 0 Å². The monoisotopic (exact) mass is 470 g/mol. The van der Waals surface area contributed by atoms with E-state index in [0.29, 0.717) is 12.4 Å². The summed E-state index contributed by atoms with van der Waals surface area (Å²) in [4.78, 5) is 30.3. The molecule has 2 amide bonds. The van der Waals surface area contributed by atoms with Crippen LogP contribution in [0.4, 0.5) is 5.82 Å². The highest BCUT2D eigenvalue weighted by molar-refractivity contribution is 5.96. The number of aromatic nitrogens is 4. The Morgan fingerprint density at radius 2 is 1.74 bits per heavy atom. The quantitative estimate of drug-likeness (QED) is 0.422. The van der Waals surface area contributed by atoms with Gasteiger partial charge in [0.25, 0.3) is 5.91 Å². The van der Waals surface area contributed by atoms with Crippen LogP contribution in [-0.4, -0.2) is 31.1 Å². The van der Waals surface area contributed by atoms with E-state index in [2.05, 4.69) is 32.4 Å². The van der Waals surface area contributed by atoms with E-state index < -0.39 is 0 Å². The molecule has 1 aliphatic carbocycles. The molecule has 5 rings (SSSR count).